The zero-order valence-electron chi connectivity index (χ0n) is 21.5. The van der Waals surface area contributed by atoms with E-state index in [4.69, 9.17) is 14.5 Å². The van der Waals surface area contributed by atoms with Crippen molar-refractivity contribution in [3.05, 3.63) is 106 Å². The molecule has 3 aromatic carbocycles. The Kier molecular flexibility index (Phi) is 7.38. The molecule has 39 heavy (non-hydrogen) atoms. The first-order valence-electron chi connectivity index (χ1n) is 12.1. The Labute approximate surface area is 234 Å². The van der Waals surface area contributed by atoms with Crippen molar-refractivity contribution < 1.29 is 19.1 Å². The Morgan fingerprint density at radius 1 is 0.897 bits per heavy atom. The molecule has 1 amide bonds. The van der Waals surface area contributed by atoms with Crippen molar-refractivity contribution in [2.24, 2.45) is 0 Å². The van der Waals surface area contributed by atoms with E-state index in [9.17, 15) is 9.59 Å². The first-order valence-corrected chi connectivity index (χ1v) is 12.9. The predicted octanol–water partition coefficient (Wildman–Crippen LogP) is 7.08. The molecule has 0 saturated heterocycles. The summed E-state index contributed by atoms with van der Waals surface area (Å²) in [6, 6.07) is 24.0. The summed E-state index contributed by atoms with van der Waals surface area (Å²) in [5.41, 5.74) is 5.58. The molecule has 1 N–H and O–H groups in total. The summed E-state index contributed by atoms with van der Waals surface area (Å²) < 4.78 is 11.2. The number of benzene rings is 3. The third-order valence-corrected chi connectivity index (χ3v) is 6.90. The second-order valence-electron chi connectivity index (χ2n) is 8.75. The van der Waals surface area contributed by atoms with Crippen LogP contribution in [0.25, 0.3) is 33.3 Å². The molecule has 0 fully saturated rings. The van der Waals surface area contributed by atoms with Crippen LogP contribution < -0.4 is 10.1 Å². The van der Waals surface area contributed by atoms with Crippen molar-refractivity contribution in [3.8, 4) is 28.3 Å². The first kappa shape index (κ1) is 26.1. The zero-order chi connectivity index (χ0) is 27.5. The van der Waals surface area contributed by atoms with Gasteiger partial charge in [-0.15, -0.1) is 0 Å². The number of carbonyl (C=O) groups excluding carboxylic acids is 2. The van der Waals surface area contributed by atoms with Gasteiger partial charge in [0, 0.05) is 38.4 Å². The fourth-order valence-electron chi connectivity index (χ4n) is 4.56. The Bertz CT molecular complexity index is 1720. The fraction of sp³-hybridized carbons (Fsp3) is 0.0968. The molecule has 5 rings (SSSR count). The first-order chi connectivity index (χ1) is 18.9. The second-order valence-corrected chi connectivity index (χ2v) is 9.67. The molecule has 2 aromatic heterocycles. The minimum Gasteiger partial charge on any atom is -0.481 e. The molecule has 0 bridgehead atoms. The number of rotatable bonds is 6. The van der Waals surface area contributed by atoms with E-state index in [1.165, 1.54) is 14.2 Å². The van der Waals surface area contributed by atoms with E-state index in [1.807, 2.05) is 61.5 Å². The lowest BCUT2D eigenvalue weighted by Crippen LogP contribution is -2.16. The van der Waals surface area contributed by atoms with Crippen molar-refractivity contribution in [2.75, 3.05) is 19.5 Å². The van der Waals surface area contributed by atoms with Gasteiger partial charge in [0.15, 0.2) is 0 Å². The normalized spacial score (nSPS) is 10.8. The molecule has 0 spiro atoms. The summed E-state index contributed by atoms with van der Waals surface area (Å²) in [6.45, 7) is 1.90. The van der Waals surface area contributed by atoms with Crippen LogP contribution >= 0.6 is 15.9 Å². The fourth-order valence-corrected chi connectivity index (χ4v) is 4.93. The van der Waals surface area contributed by atoms with Crippen LogP contribution in [0.2, 0.25) is 0 Å². The van der Waals surface area contributed by atoms with Gasteiger partial charge < -0.3 is 14.8 Å². The molecule has 8 heteroatoms. The third kappa shape index (κ3) is 5.11. The number of halogens is 1. The van der Waals surface area contributed by atoms with Crippen LogP contribution in [0.3, 0.4) is 0 Å². The lowest BCUT2D eigenvalue weighted by Gasteiger charge is -2.18. The molecular weight excluding hydrogens is 558 g/mol. The number of esters is 1. The minimum atomic E-state index is -0.495. The van der Waals surface area contributed by atoms with Gasteiger partial charge in [-0.05, 0) is 61.0 Å². The molecule has 0 radical (unpaired) electrons. The maximum Gasteiger partial charge on any atom is 0.337 e. The smallest absolute Gasteiger partial charge is 0.337 e. The highest BCUT2D eigenvalue weighted by atomic mass is 79.9. The standard InChI is InChI=1S/C31H24BrN3O4/c1-18-27(24-17-21(32)12-14-26(24)34-28(18)19-8-5-4-6-9-19)29(36)35-25-13-11-20(31(37)39-3)16-23(25)22-10-7-15-33-30(22)38-2/h4-17H,1-3H3,(H,35,36). The molecule has 0 aliphatic carbocycles. The number of ether oxygens (including phenoxy) is 2. The molecule has 0 aliphatic rings. The number of methoxy groups -OCH3 is 2. The minimum absolute atomic E-state index is 0.315. The number of amides is 1. The van der Waals surface area contributed by atoms with E-state index in [0.29, 0.717) is 44.7 Å². The van der Waals surface area contributed by atoms with Crippen LogP contribution in [-0.2, 0) is 4.74 Å². The van der Waals surface area contributed by atoms with Gasteiger partial charge in [0.2, 0.25) is 5.88 Å². The quantitative estimate of drug-likeness (QED) is 0.215. The molecule has 5 aromatic rings. The van der Waals surface area contributed by atoms with Crippen molar-refractivity contribution >= 4 is 44.4 Å². The number of carbonyl (C=O) groups is 2. The average Bonchev–Trinajstić information content (AvgIpc) is 2.97. The molecular formula is C31H24BrN3O4. The third-order valence-electron chi connectivity index (χ3n) is 6.41. The number of hydrogen-bond donors (Lipinski definition) is 1. The lowest BCUT2D eigenvalue weighted by atomic mass is 9.96. The summed E-state index contributed by atoms with van der Waals surface area (Å²) in [7, 11) is 2.84. The molecule has 2 heterocycles. The predicted molar refractivity (Wildman–Crippen MR) is 155 cm³/mol. The highest BCUT2D eigenvalue weighted by Gasteiger charge is 2.22. The van der Waals surface area contributed by atoms with Crippen LogP contribution in [0.5, 0.6) is 5.88 Å². The van der Waals surface area contributed by atoms with Crippen LogP contribution in [0, 0.1) is 6.92 Å². The summed E-state index contributed by atoms with van der Waals surface area (Å²) >= 11 is 3.53. The van der Waals surface area contributed by atoms with Gasteiger partial charge in [0.05, 0.1) is 36.6 Å². The zero-order valence-corrected chi connectivity index (χ0v) is 23.1. The van der Waals surface area contributed by atoms with Crippen LogP contribution in [0.1, 0.15) is 26.3 Å². The Balaban J connectivity index is 1.68. The number of pyridine rings is 2. The second kappa shape index (κ2) is 11.0. The maximum absolute atomic E-state index is 14.1. The SMILES string of the molecule is COC(=O)c1ccc(NC(=O)c2c(C)c(-c3ccccc3)nc3ccc(Br)cc23)c(-c2cccnc2OC)c1. The Morgan fingerprint density at radius 2 is 1.69 bits per heavy atom. The number of hydrogen-bond acceptors (Lipinski definition) is 6. The topological polar surface area (TPSA) is 90.4 Å². The van der Waals surface area contributed by atoms with Gasteiger partial charge in [-0.2, -0.15) is 0 Å². The molecule has 194 valence electrons. The lowest BCUT2D eigenvalue weighted by molar-refractivity contribution is 0.0600. The number of nitrogens with one attached hydrogen (secondary N) is 1. The van der Waals surface area contributed by atoms with Gasteiger partial charge in [-0.1, -0.05) is 46.3 Å². The largest absolute Gasteiger partial charge is 0.481 e. The highest BCUT2D eigenvalue weighted by molar-refractivity contribution is 9.10. The van der Waals surface area contributed by atoms with Gasteiger partial charge in [-0.25, -0.2) is 14.8 Å². The number of aromatic nitrogens is 2. The summed E-state index contributed by atoms with van der Waals surface area (Å²) in [4.78, 5) is 35.6. The van der Waals surface area contributed by atoms with Crippen molar-refractivity contribution in [3.63, 3.8) is 0 Å². The Hall–Kier alpha value is -4.56. The van der Waals surface area contributed by atoms with Gasteiger partial charge in [-0.3, -0.25) is 4.79 Å². The number of anilines is 1. The molecule has 0 aliphatic heterocycles. The van der Waals surface area contributed by atoms with Gasteiger partial charge in [0.1, 0.15) is 0 Å². The van der Waals surface area contributed by atoms with Gasteiger partial charge in [0.25, 0.3) is 5.91 Å². The van der Waals surface area contributed by atoms with Crippen molar-refractivity contribution in [1.82, 2.24) is 9.97 Å². The number of nitrogens with zero attached hydrogens (tertiary/aromatic N) is 2. The van der Waals surface area contributed by atoms with E-state index >= 15 is 0 Å². The van der Waals surface area contributed by atoms with E-state index in [-0.39, 0.29) is 5.91 Å². The van der Waals surface area contributed by atoms with Crippen LogP contribution in [0.4, 0.5) is 5.69 Å². The molecule has 7 nitrogen and oxygen atoms in total. The summed E-state index contributed by atoms with van der Waals surface area (Å²) in [6.07, 6.45) is 1.61. The van der Waals surface area contributed by atoms with E-state index in [0.717, 1.165) is 21.3 Å². The summed E-state index contributed by atoms with van der Waals surface area (Å²) in [5.74, 6) is -0.453. The molecule has 0 saturated carbocycles. The monoisotopic (exact) mass is 581 g/mol. The van der Waals surface area contributed by atoms with E-state index in [2.05, 4.69) is 26.2 Å². The highest BCUT2D eigenvalue weighted by Crippen LogP contribution is 2.36. The van der Waals surface area contributed by atoms with Crippen LogP contribution in [-0.4, -0.2) is 36.1 Å². The molecule has 0 unspecified atom stereocenters. The Morgan fingerprint density at radius 3 is 2.44 bits per heavy atom. The molecule has 0 atom stereocenters. The van der Waals surface area contributed by atoms with Crippen LogP contribution in [0.15, 0.2) is 89.5 Å². The van der Waals surface area contributed by atoms with Crippen molar-refractivity contribution in [2.45, 2.75) is 6.92 Å². The average molecular weight is 582 g/mol. The van der Waals surface area contributed by atoms with E-state index < -0.39 is 5.97 Å². The maximum atomic E-state index is 14.1. The van der Waals surface area contributed by atoms with E-state index in [1.54, 1.807) is 30.5 Å². The number of fused-ring (bicyclic) bond motifs is 1. The van der Waals surface area contributed by atoms with Gasteiger partial charge >= 0.3 is 5.97 Å². The summed E-state index contributed by atoms with van der Waals surface area (Å²) in [5, 5.41) is 3.79. The van der Waals surface area contributed by atoms with Crippen molar-refractivity contribution in [1.29, 1.82) is 0 Å².